The molecule has 2 atom stereocenters. The van der Waals surface area contributed by atoms with Crippen molar-refractivity contribution >= 4 is 10.0 Å². The van der Waals surface area contributed by atoms with Gasteiger partial charge in [0.15, 0.2) is 11.6 Å². The average Bonchev–Trinajstić information content (AvgIpc) is 3.68. The second kappa shape index (κ2) is 10.8. The molecule has 2 saturated carbocycles. The average molecular weight is 519 g/mol. The molecule has 0 amide bonds. The predicted octanol–water partition coefficient (Wildman–Crippen LogP) is 5.24. The number of phenolic OH excluding ortho intramolecular Hbond substituents is 1. The Morgan fingerprint density at radius 1 is 0.861 bits per heavy atom. The fraction of sp³-hybridized carbons (Fsp3) is 0.571. The lowest BCUT2D eigenvalue weighted by molar-refractivity contribution is 0.249. The summed E-state index contributed by atoms with van der Waals surface area (Å²) < 4.78 is 55.7. The minimum atomic E-state index is -3.85. The fourth-order valence-electron chi connectivity index (χ4n) is 6.09. The van der Waals surface area contributed by atoms with Crippen LogP contribution in [0.25, 0.3) is 0 Å². The molecule has 0 radical (unpaired) electrons. The van der Waals surface area contributed by atoms with Gasteiger partial charge in [0.05, 0.1) is 0 Å². The van der Waals surface area contributed by atoms with Crippen molar-refractivity contribution in [3.05, 3.63) is 59.2 Å². The summed E-state index contributed by atoms with van der Waals surface area (Å²) in [5.41, 5.74) is 2.14. The number of hydrogen-bond acceptors (Lipinski definition) is 4. The molecular formula is C28H36F2N2O3S. The highest BCUT2D eigenvalue weighted by Crippen LogP contribution is 2.44. The summed E-state index contributed by atoms with van der Waals surface area (Å²) in [4.78, 5) is -0.298. The maximum atomic E-state index is 14.2. The molecule has 2 fully saturated rings. The van der Waals surface area contributed by atoms with Crippen LogP contribution in [0.4, 0.5) is 8.78 Å². The molecular weight excluding hydrogens is 482 g/mol. The van der Waals surface area contributed by atoms with E-state index in [1.807, 2.05) is 0 Å². The molecule has 196 valence electrons. The van der Waals surface area contributed by atoms with Gasteiger partial charge in [-0.3, -0.25) is 0 Å². The van der Waals surface area contributed by atoms with Crippen molar-refractivity contribution < 1.29 is 22.3 Å². The van der Waals surface area contributed by atoms with Crippen LogP contribution in [0.2, 0.25) is 0 Å². The van der Waals surface area contributed by atoms with Crippen LogP contribution in [-0.4, -0.2) is 32.7 Å². The lowest BCUT2D eigenvalue weighted by Gasteiger charge is -2.37. The Labute approximate surface area is 212 Å². The summed E-state index contributed by atoms with van der Waals surface area (Å²) in [7, 11) is -3.85. The summed E-state index contributed by atoms with van der Waals surface area (Å²) in [6.07, 6.45) is 9.35. The van der Waals surface area contributed by atoms with Crippen molar-refractivity contribution in [3.8, 4) is 5.75 Å². The van der Waals surface area contributed by atoms with Gasteiger partial charge in [0, 0.05) is 12.6 Å². The molecule has 3 aliphatic carbocycles. The van der Waals surface area contributed by atoms with Crippen LogP contribution in [0.1, 0.15) is 68.4 Å². The Kier molecular flexibility index (Phi) is 7.65. The molecule has 5 rings (SSSR count). The van der Waals surface area contributed by atoms with E-state index >= 15 is 0 Å². The van der Waals surface area contributed by atoms with Gasteiger partial charge >= 0.3 is 0 Å². The topological polar surface area (TPSA) is 78.4 Å². The number of hydrogen-bond donors (Lipinski definition) is 3. The van der Waals surface area contributed by atoms with E-state index in [-0.39, 0.29) is 22.5 Å². The SMILES string of the molecule is O=S(=O)(NCC1CCC(CNC2CCc3cc(O)c(F)cc3C2CC2CC2)CC1)c1ccccc1F. The lowest BCUT2D eigenvalue weighted by Crippen LogP contribution is -2.42. The predicted molar refractivity (Wildman–Crippen MR) is 135 cm³/mol. The molecule has 0 spiro atoms. The summed E-state index contributed by atoms with van der Waals surface area (Å²) in [5, 5.41) is 13.6. The van der Waals surface area contributed by atoms with Gasteiger partial charge in [-0.05, 0) is 111 Å². The van der Waals surface area contributed by atoms with Crippen LogP contribution in [0.15, 0.2) is 41.3 Å². The third-order valence-corrected chi connectivity index (χ3v) is 9.88. The van der Waals surface area contributed by atoms with Crippen LogP contribution in [0.3, 0.4) is 0 Å². The number of halogens is 2. The van der Waals surface area contributed by atoms with Crippen LogP contribution in [0, 0.1) is 29.4 Å². The highest BCUT2D eigenvalue weighted by molar-refractivity contribution is 7.89. The maximum absolute atomic E-state index is 14.2. The number of sulfonamides is 1. The maximum Gasteiger partial charge on any atom is 0.243 e. The van der Waals surface area contributed by atoms with Gasteiger partial charge < -0.3 is 10.4 Å². The smallest absolute Gasteiger partial charge is 0.243 e. The minimum Gasteiger partial charge on any atom is -0.505 e. The number of rotatable bonds is 9. The first kappa shape index (κ1) is 25.6. The third kappa shape index (κ3) is 5.92. The fourth-order valence-corrected chi connectivity index (χ4v) is 7.28. The van der Waals surface area contributed by atoms with Gasteiger partial charge in [0.1, 0.15) is 10.7 Å². The highest BCUT2D eigenvalue weighted by Gasteiger charge is 2.36. The first-order chi connectivity index (χ1) is 17.3. The van der Waals surface area contributed by atoms with Gasteiger partial charge in [0.2, 0.25) is 10.0 Å². The molecule has 0 aliphatic heterocycles. The number of fused-ring (bicyclic) bond motifs is 1. The zero-order chi connectivity index (χ0) is 25.3. The van der Waals surface area contributed by atoms with Crippen LogP contribution >= 0.6 is 0 Å². The Bertz CT molecular complexity index is 1180. The molecule has 2 aromatic rings. The zero-order valence-electron chi connectivity index (χ0n) is 20.6. The second-order valence-electron chi connectivity index (χ2n) is 11.0. The van der Waals surface area contributed by atoms with Crippen LogP contribution in [-0.2, 0) is 16.4 Å². The Balaban J connectivity index is 1.12. The largest absolute Gasteiger partial charge is 0.505 e. The number of benzene rings is 2. The van der Waals surface area contributed by atoms with E-state index < -0.39 is 21.7 Å². The third-order valence-electron chi connectivity index (χ3n) is 8.43. The quantitative estimate of drug-likeness (QED) is 0.424. The number of aryl methyl sites for hydroxylation is 1. The van der Waals surface area contributed by atoms with Gasteiger partial charge in [-0.15, -0.1) is 0 Å². The molecule has 0 saturated heterocycles. The van der Waals surface area contributed by atoms with E-state index in [1.165, 1.54) is 31.0 Å². The molecule has 2 aromatic carbocycles. The number of nitrogens with one attached hydrogen (secondary N) is 2. The van der Waals surface area contributed by atoms with Crippen molar-refractivity contribution in [3.63, 3.8) is 0 Å². The monoisotopic (exact) mass is 518 g/mol. The Morgan fingerprint density at radius 3 is 2.22 bits per heavy atom. The molecule has 5 nitrogen and oxygen atoms in total. The van der Waals surface area contributed by atoms with Gasteiger partial charge in [-0.1, -0.05) is 25.0 Å². The van der Waals surface area contributed by atoms with Crippen molar-refractivity contribution in [2.45, 2.75) is 74.6 Å². The normalized spacial score (nSPS) is 26.5. The van der Waals surface area contributed by atoms with E-state index in [1.54, 1.807) is 12.1 Å². The van der Waals surface area contributed by atoms with E-state index in [0.717, 1.165) is 74.6 Å². The number of aromatic hydroxyl groups is 1. The molecule has 2 unspecified atom stereocenters. The molecule has 3 N–H and O–H groups in total. The summed E-state index contributed by atoms with van der Waals surface area (Å²) in [6, 6.07) is 8.93. The van der Waals surface area contributed by atoms with E-state index in [9.17, 15) is 22.3 Å². The molecule has 8 heteroatoms. The Hall–Kier alpha value is -2.03. The summed E-state index contributed by atoms with van der Waals surface area (Å²) >= 11 is 0. The van der Waals surface area contributed by atoms with Crippen molar-refractivity contribution in [1.82, 2.24) is 10.0 Å². The lowest BCUT2D eigenvalue weighted by atomic mass is 9.76. The van der Waals surface area contributed by atoms with Gasteiger partial charge in [-0.25, -0.2) is 21.9 Å². The summed E-state index contributed by atoms with van der Waals surface area (Å²) in [6.45, 7) is 1.24. The standard InChI is InChI=1S/C28H36F2N2O3S/c29-24-3-1-2-4-28(24)36(34,35)32-17-20-9-7-19(8-10-20)16-31-26-12-11-21-14-27(33)25(30)15-22(21)23(26)13-18-5-6-18/h1-4,14-15,18-20,23,26,31-33H,5-13,16-17H2. The zero-order valence-corrected chi connectivity index (χ0v) is 21.4. The van der Waals surface area contributed by atoms with Gasteiger partial charge in [0.25, 0.3) is 0 Å². The van der Waals surface area contributed by atoms with Crippen molar-refractivity contribution in [2.24, 2.45) is 17.8 Å². The van der Waals surface area contributed by atoms with Crippen LogP contribution in [0.5, 0.6) is 5.75 Å². The minimum absolute atomic E-state index is 0.252. The summed E-state index contributed by atoms with van der Waals surface area (Å²) in [5.74, 6) is 0.278. The molecule has 0 bridgehead atoms. The molecule has 0 aromatic heterocycles. The molecule has 3 aliphatic rings. The first-order valence-corrected chi connectivity index (χ1v) is 14.8. The van der Waals surface area contributed by atoms with Gasteiger partial charge in [-0.2, -0.15) is 0 Å². The number of phenols is 1. The van der Waals surface area contributed by atoms with Crippen LogP contribution < -0.4 is 10.0 Å². The second-order valence-corrected chi connectivity index (χ2v) is 12.7. The molecule has 0 heterocycles. The first-order valence-electron chi connectivity index (χ1n) is 13.3. The van der Waals surface area contributed by atoms with E-state index in [0.29, 0.717) is 18.5 Å². The Morgan fingerprint density at radius 2 is 1.53 bits per heavy atom. The van der Waals surface area contributed by atoms with E-state index in [2.05, 4.69) is 10.0 Å². The van der Waals surface area contributed by atoms with Crippen molar-refractivity contribution in [1.29, 1.82) is 0 Å². The van der Waals surface area contributed by atoms with Crippen molar-refractivity contribution in [2.75, 3.05) is 13.1 Å². The molecule has 36 heavy (non-hydrogen) atoms. The highest BCUT2D eigenvalue weighted by atomic mass is 32.2. The van der Waals surface area contributed by atoms with E-state index in [4.69, 9.17) is 0 Å².